The van der Waals surface area contributed by atoms with Crippen molar-refractivity contribution in [2.45, 2.75) is 24.7 Å². The number of rotatable bonds is 4. The van der Waals surface area contributed by atoms with Gasteiger partial charge in [0.05, 0.1) is 7.57 Å². The fraction of sp³-hybridized carbons (Fsp3) is 0.636. The third-order valence-corrected chi connectivity index (χ3v) is 7.45. The Kier molecular flexibility index (Phi) is 5.12. The summed E-state index contributed by atoms with van der Waals surface area (Å²) in [6.07, 6.45) is 2.13. The molecule has 0 radical (unpaired) electrons. The molecule has 2 heterocycles. The molecule has 19 heavy (non-hydrogen) atoms. The number of piperidine rings is 1. The van der Waals surface area contributed by atoms with Gasteiger partial charge in [0, 0.05) is 13.1 Å². The molecule has 0 saturated carbocycles. The first-order valence-electron chi connectivity index (χ1n) is 5.98. The van der Waals surface area contributed by atoms with Gasteiger partial charge >= 0.3 is 0 Å². The summed E-state index contributed by atoms with van der Waals surface area (Å²) in [4.78, 5) is 0.303. The Morgan fingerprint density at radius 2 is 2.26 bits per heavy atom. The van der Waals surface area contributed by atoms with E-state index >= 15 is 0 Å². The van der Waals surface area contributed by atoms with Crippen molar-refractivity contribution in [3.05, 3.63) is 13.6 Å². The molecule has 2 rings (SSSR count). The fourth-order valence-corrected chi connectivity index (χ4v) is 7.13. The van der Waals surface area contributed by atoms with Crippen LogP contribution in [0.15, 0.2) is 18.5 Å². The van der Waals surface area contributed by atoms with Crippen LogP contribution in [-0.4, -0.2) is 28.1 Å². The van der Waals surface area contributed by atoms with E-state index in [4.69, 9.17) is 0 Å². The van der Waals surface area contributed by atoms with E-state index in [2.05, 4.69) is 48.8 Å². The van der Waals surface area contributed by atoms with Gasteiger partial charge in [-0.2, -0.15) is 0 Å². The molecule has 4 nitrogen and oxygen atoms in total. The molecule has 0 spiro atoms. The van der Waals surface area contributed by atoms with Gasteiger partial charge in [-0.3, -0.25) is 0 Å². The van der Waals surface area contributed by atoms with Crippen LogP contribution in [0.4, 0.5) is 0 Å². The maximum absolute atomic E-state index is 12.3. The topological polar surface area (TPSA) is 58.2 Å². The molecule has 1 saturated heterocycles. The largest absolute Gasteiger partial charge is 0.316 e. The first-order valence-corrected chi connectivity index (χ1v) is 9.86. The van der Waals surface area contributed by atoms with Crippen molar-refractivity contribution in [3.63, 3.8) is 0 Å². The molecule has 0 amide bonds. The maximum Gasteiger partial charge on any atom is 0.242 e. The minimum atomic E-state index is -3.45. The van der Waals surface area contributed by atoms with Gasteiger partial charge in [0.15, 0.2) is 0 Å². The molecular formula is C11H16Br2N2O2S2. The fourth-order valence-electron chi connectivity index (χ4n) is 2.12. The molecule has 0 aliphatic carbocycles. The average Bonchev–Trinajstić information content (AvgIpc) is 2.68. The molecule has 1 aliphatic heterocycles. The van der Waals surface area contributed by atoms with E-state index < -0.39 is 10.0 Å². The smallest absolute Gasteiger partial charge is 0.242 e. The second-order valence-corrected chi connectivity index (χ2v) is 10.6. The van der Waals surface area contributed by atoms with E-state index in [1.54, 1.807) is 6.07 Å². The highest BCUT2D eigenvalue weighted by Gasteiger charge is 2.29. The number of halogens is 2. The molecule has 0 bridgehead atoms. The van der Waals surface area contributed by atoms with Crippen LogP contribution >= 0.6 is 43.2 Å². The molecule has 1 aromatic rings. The van der Waals surface area contributed by atoms with Crippen molar-refractivity contribution in [3.8, 4) is 0 Å². The Labute approximate surface area is 134 Å². The Hall–Kier alpha value is 0.530. The predicted molar refractivity (Wildman–Crippen MR) is 85.1 cm³/mol. The summed E-state index contributed by atoms with van der Waals surface area (Å²) in [6, 6.07) is 1.62. The predicted octanol–water partition coefficient (Wildman–Crippen LogP) is 2.94. The summed E-state index contributed by atoms with van der Waals surface area (Å²) in [6.45, 7) is 4.44. The molecule has 8 heteroatoms. The summed E-state index contributed by atoms with van der Waals surface area (Å²) in [5, 5.41) is 3.32. The quantitative estimate of drug-likeness (QED) is 0.770. The van der Waals surface area contributed by atoms with Crippen molar-refractivity contribution in [1.82, 2.24) is 10.0 Å². The normalized spacial score (nSPS) is 24.6. The zero-order valence-electron chi connectivity index (χ0n) is 10.5. The van der Waals surface area contributed by atoms with Crippen molar-refractivity contribution >= 4 is 53.2 Å². The second kappa shape index (κ2) is 6.11. The van der Waals surface area contributed by atoms with Crippen LogP contribution in [0.5, 0.6) is 0 Å². The Balaban J connectivity index is 2.07. The lowest BCUT2D eigenvalue weighted by atomic mass is 9.83. The average molecular weight is 432 g/mol. The van der Waals surface area contributed by atoms with Crippen molar-refractivity contribution in [1.29, 1.82) is 0 Å². The first-order chi connectivity index (χ1) is 8.82. The Morgan fingerprint density at radius 3 is 2.79 bits per heavy atom. The highest BCUT2D eigenvalue weighted by molar-refractivity contribution is 9.12. The van der Waals surface area contributed by atoms with E-state index in [1.807, 2.05) is 0 Å². The zero-order valence-corrected chi connectivity index (χ0v) is 15.3. The maximum atomic E-state index is 12.3. The van der Waals surface area contributed by atoms with Crippen LogP contribution in [0.1, 0.15) is 19.8 Å². The van der Waals surface area contributed by atoms with E-state index in [1.165, 1.54) is 11.3 Å². The van der Waals surface area contributed by atoms with Gasteiger partial charge in [0.2, 0.25) is 10.0 Å². The standard InChI is InChI=1S/C11H16Br2N2O2S2/c1-11(3-2-4-14-6-11)7-15-19(16,17)8-5-9(12)18-10(8)13/h5,14-15H,2-4,6-7H2,1H3. The summed E-state index contributed by atoms with van der Waals surface area (Å²) in [7, 11) is -3.45. The van der Waals surface area contributed by atoms with Crippen molar-refractivity contribution in [2.24, 2.45) is 5.41 Å². The lowest BCUT2D eigenvalue weighted by molar-refractivity contribution is 0.238. The lowest BCUT2D eigenvalue weighted by Gasteiger charge is -2.34. The van der Waals surface area contributed by atoms with E-state index in [9.17, 15) is 8.42 Å². The van der Waals surface area contributed by atoms with Crippen LogP contribution in [0.3, 0.4) is 0 Å². The molecule has 1 aliphatic rings. The van der Waals surface area contributed by atoms with E-state index in [-0.39, 0.29) is 5.41 Å². The number of hydrogen-bond acceptors (Lipinski definition) is 4. The van der Waals surface area contributed by atoms with Gasteiger partial charge < -0.3 is 5.32 Å². The summed E-state index contributed by atoms with van der Waals surface area (Å²) in [5.41, 5.74) is -0.00888. The van der Waals surface area contributed by atoms with Crippen molar-refractivity contribution < 1.29 is 8.42 Å². The first kappa shape index (κ1) is 15.9. The van der Waals surface area contributed by atoms with Gasteiger partial charge in [-0.25, -0.2) is 13.1 Å². The van der Waals surface area contributed by atoms with Crippen LogP contribution in [0.25, 0.3) is 0 Å². The minimum Gasteiger partial charge on any atom is -0.316 e. The van der Waals surface area contributed by atoms with E-state index in [0.29, 0.717) is 15.2 Å². The van der Waals surface area contributed by atoms with Crippen LogP contribution in [0.2, 0.25) is 0 Å². The van der Waals surface area contributed by atoms with Crippen molar-refractivity contribution in [2.75, 3.05) is 19.6 Å². The van der Waals surface area contributed by atoms with Gasteiger partial charge in [-0.05, 0) is 62.7 Å². The minimum absolute atomic E-state index is 0.00888. The Morgan fingerprint density at radius 1 is 1.53 bits per heavy atom. The molecule has 1 atom stereocenters. The summed E-state index contributed by atoms with van der Waals surface area (Å²) >= 11 is 7.95. The monoisotopic (exact) mass is 430 g/mol. The number of thiophene rings is 1. The van der Waals surface area contributed by atoms with Crippen LogP contribution in [-0.2, 0) is 10.0 Å². The third kappa shape index (κ3) is 4.01. The highest BCUT2D eigenvalue weighted by Crippen LogP contribution is 2.35. The van der Waals surface area contributed by atoms with Crippen LogP contribution in [0, 0.1) is 5.41 Å². The Bertz CT molecular complexity index is 551. The molecule has 2 N–H and O–H groups in total. The lowest BCUT2D eigenvalue weighted by Crippen LogP contribution is -2.45. The zero-order chi connectivity index (χ0) is 14.1. The van der Waals surface area contributed by atoms with Gasteiger partial charge in [0.1, 0.15) is 4.90 Å². The highest BCUT2D eigenvalue weighted by atomic mass is 79.9. The molecule has 0 aromatic carbocycles. The molecule has 108 valence electrons. The molecule has 1 aromatic heterocycles. The summed E-state index contributed by atoms with van der Waals surface area (Å²) in [5.74, 6) is 0. The number of sulfonamides is 1. The summed E-state index contributed by atoms with van der Waals surface area (Å²) < 4.78 is 28.7. The number of hydrogen-bond donors (Lipinski definition) is 2. The molecule has 1 unspecified atom stereocenters. The van der Waals surface area contributed by atoms with Gasteiger partial charge in [-0.15, -0.1) is 11.3 Å². The SMILES string of the molecule is CC1(CNS(=O)(=O)c2cc(Br)sc2Br)CCCNC1. The third-order valence-electron chi connectivity index (χ3n) is 3.29. The second-order valence-electron chi connectivity index (χ2n) is 5.10. The molecular weight excluding hydrogens is 416 g/mol. The van der Waals surface area contributed by atoms with Gasteiger partial charge in [0.25, 0.3) is 0 Å². The van der Waals surface area contributed by atoms with Gasteiger partial charge in [-0.1, -0.05) is 6.92 Å². The molecule has 1 fully saturated rings. The van der Waals surface area contributed by atoms with Crippen LogP contribution < -0.4 is 10.0 Å². The number of nitrogens with one attached hydrogen (secondary N) is 2. The van der Waals surface area contributed by atoms with E-state index in [0.717, 1.165) is 29.7 Å².